The lowest BCUT2D eigenvalue weighted by Gasteiger charge is -2.10. The molecule has 6 nitrogen and oxygen atoms in total. The molecule has 0 unspecified atom stereocenters. The average Bonchev–Trinajstić information content (AvgIpc) is 2.54. The number of aryl methyl sites for hydroxylation is 2. The van der Waals surface area contributed by atoms with Crippen molar-refractivity contribution in [1.29, 1.82) is 5.26 Å². The smallest absolute Gasteiger partial charge is 0.240 e. The summed E-state index contributed by atoms with van der Waals surface area (Å²) in [5.41, 5.74) is 2.58. The normalized spacial score (nSPS) is 10.9. The SMILES string of the molecule is Cc1ccc(S(=O)(=O)NCCC(=O)Nc2cccc(C#N)c2)c(C)c1. The van der Waals surface area contributed by atoms with E-state index in [-0.39, 0.29) is 23.8 Å². The highest BCUT2D eigenvalue weighted by Crippen LogP contribution is 2.16. The largest absolute Gasteiger partial charge is 0.326 e. The predicted molar refractivity (Wildman–Crippen MR) is 95.5 cm³/mol. The van der Waals surface area contributed by atoms with Crippen molar-refractivity contribution < 1.29 is 13.2 Å². The summed E-state index contributed by atoms with van der Waals surface area (Å²) in [5, 5.41) is 11.5. The lowest BCUT2D eigenvalue weighted by molar-refractivity contribution is -0.116. The van der Waals surface area contributed by atoms with Crippen LogP contribution in [0.4, 0.5) is 5.69 Å². The van der Waals surface area contributed by atoms with Gasteiger partial charge < -0.3 is 5.32 Å². The topological polar surface area (TPSA) is 99.1 Å². The van der Waals surface area contributed by atoms with Crippen LogP contribution in [-0.4, -0.2) is 20.9 Å². The molecule has 0 bridgehead atoms. The Bertz CT molecular complexity index is 931. The van der Waals surface area contributed by atoms with Crippen LogP contribution in [0.5, 0.6) is 0 Å². The molecule has 0 fully saturated rings. The van der Waals surface area contributed by atoms with Crippen LogP contribution in [0.1, 0.15) is 23.1 Å². The molecule has 0 aliphatic rings. The molecule has 130 valence electrons. The van der Waals surface area contributed by atoms with Crippen molar-refractivity contribution in [1.82, 2.24) is 4.72 Å². The summed E-state index contributed by atoms with van der Waals surface area (Å²) in [7, 11) is -3.66. The number of nitrogens with zero attached hydrogens (tertiary/aromatic N) is 1. The Hall–Kier alpha value is -2.69. The Morgan fingerprint density at radius 2 is 1.92 bits per heavy atom. The van der Waals surface area contributed by atoms with E-state index in [0.717, 1.165) is 5.56 Å². The van der Waals surface area contributed by atoms with Crippen molar-refractivity contribution in [2.24, 2.45) is 0 Å². The summed E-state index contributed by atoms with van der Waals surface area (Å²) in [5.74, 6) is -0.335. The molecule has 0 aliphatic carbocycles. The molecular weight excluding hydrogens is 338 g/mol. The molecule has 0 aliphatic heterocycles. The van der Waals surface area contributed by atoms with Crippen LogP contribution < -0.4 is 10.0 Å². The van der Waals surface area contributed by atoms with Gasteiger partial charge in [0.1, 0.15) is 0 Å². The fraction of sp³-hybridized carbons (Fsp3) is 0.222. The number of amides is 1. The van der Waals surface area contributed by atoms with Crippen molar-refractivity contribution in [2.75, 3.05) is 11.9 Å². The minimum absolute atomic E-state index is 0.0130. The molecule has 0 aromatic heterocycles. The van der Waals surface area contributed by atoms with Crippen LogP contribution in [0.25, 0.3) is 0 Å². The summed E-state index contributed by atoms with van der Waals surface area (Å²) in [6, 6.07) is 13.6. The van der Waals surface area contributed by atoms with Gasteiger partial charge in [-0.25, -0.2) is 13.1 Å². The molecule has 0 atom stereocenters. The second kappa shape index (κ2) is 7.92. The van der Waals surface area contributed by atoms with Gasteiger partial charge in [0, 0.05) is 18.7 Å². The van der Waals surface area contributed by atoms with Crippen molar-refractivity contribution in [2.45, 2.75) is 25.2 Å². The maximum Gasteiger partial charge on any atom is 0.240 e. The number of nitriles is 1. The van der Waals surface area contributed by atoms with Crippen molar-refractivity contribution in [3.63, 3.8) is 0 Å². The first-order valence-corrected chi connectivity index (χ1v) is 9.17. The first-order valence-electron chi connectivity index (χ1n) is 7.69. The fourth-order valence-electron chi connectivity index (χ4n) is 2.37. The Kier molecular flexibility index (Phi) is 5.91. The molecule has 0 spiro atoms. The highest BCUT2D eigenvalue weighted by molar-refractivity contribution is 7.89. The second-order valence-electron chi connectivity index (χ2n) is 5.66. The van der Waals surface area contributed by atoms with Gasteiger partial charge in [-0.3, -0.25) is 4.79 Å². The van der Waals surface area contributed by atoms with E-state index in [1.807, 2.05) is 13.0 Å². The molecule has 0 saturated carbocycles. The van der Waals surface area contributed by atoms with Crippen LogP contribution in [0, 0.1) is 25.2 Å². The van der Waals surface area contributed by atoms with Gasteiger partial charge in [0.05, 0.1) is 16.5 Å². The van der Waals surface area contributed by atoms with Gasteiger partial charge in [-0.1, -0.05) is 23.8 Å². The van der Waals surface area contributed by atoms with Gasteiger partial charge in [-0.05, 0) is 43.7 Å². The number of anilines is 1. The number of rotatable bonds is 6. The molecule has 25 heavy (non-hydrogen) atoms. The molecule has 1 amide bonds. The molecule has 0 radical (unpaired) electrons. The molecule has 2 rings (SSSR count). The number of carbonyl (C=O) groups excluding carboxylic acids is 1. The molecule has 7 heteroatoms. The Morgan fingerprint density at radius 1 is 1.16 bits per heavy atom. The van der Waals surface area contributed by atoms with Gasteiger partial charge >= 0.3 is 0 Å². The standard InChI is InChI=1S/C18H19N3O3S/c1-13-6-7-17(14(2)10-13)25(23,24)20-9-8-18(22)21-16-5-3-4-15(11-16)12-19/h3-7,10-11,20H,8-9H2,1-2H3,(H,21,22). The van der Waals surface area contributed by atoms with E-state index in [1.54, 1.807) is 49.4 Å². The van der Waals surface area contributed by atoms with Crippen LogP contribution >= 0.6 is 0 Å². The third kappa shape index (κ3) is 5.14. The second-order valence-corrected chi connectivity index (χ2v) is 7.39. The zero-order valence-corrected chi connectivity index (χ0v) is 14.9. The van der Waals surface area contributed by atoms with E-state index in [1.165, 1.54) is 0 Å². The molecule has 2 aromatic rings. The van der Waals surface area contributed by atoms with Crippen molar-refractivity contribution in [3.8, 4) is 6.07 Å². The first-order chi connectivity index (χ1) is 11.8. The number of carbonyl (C=O) groups is 1. The maximum absolute atomic E-state index is 12.3. The van der Waals surface area contributed by atoms with Crippen LogP contribution in [0.2, 0.25) is 0 Å². The summed E-state index contributed by atoms with van der Waals surface area (Å²) in [6.45, 7) is 3.61. The van der Waals surface area contributed by atoms with Crippen molar-refractivity contribution >= 4 is 21.6 Å². The number of hydrogen-bond acceptors (Lipinski definition) is 4. The number of sulfonamides is 1. The number of benzene rings is 2. The van der Waals surface area contributed by atoms with E-state index in [0.29, 0.717) is 16.8 Å². The van der Waals surface area contributed by atoms with Crippen LogP contribution in [-0.2, 0) is 14.8 Å². The summed E-state index contributed by atoms with van der Waals surface area (Å²) < 4.78 is 27.1. The third-order valence-corrected chi connectivity index (χ3v) is 5.16. The Morgan fingerprint density at radius 3 is 2.60 bits per heavy atom. The van der Waals surface area contributed by atoms with E-state index in [4.69, 9.17) is 5.26 Å². The minimum Gasteiger partial charge on any atom is -0.326 e. The van der Waals surface area contributed by atoms with E-state index >= 15 is 0 Å². The number of hydrogen-bond donors (Lipinski definition) is 2. The monoisotopic (exact) mass is 357 g/mol. The van der Waals surface area contributed by atoms with Crippen LogP contribution in [0.3, 0.4) is 0 Å². The lowest BCUT2D eigenvalue weighted by Crippen LogP contribution is -2.28. The zero-order valence-electron chi connectivity index (χ0n) is 14.0. The lowest BCUT2D eigenvalue weighted by atomic mass is 10.2. The van der Waals surface area contributed by atoms with Gasteiger partial charge in [-0.15, -0.1) is 0 Å². The first kappa shape index (κ1) is 18.6. The molecule has 2 aromatic carbocycles. The summed E-state index contributed by atoms with van der Waals surface area (Å²) in [6.07, 6.45) is -0.0130. The molecule has 2 N–H and O–H groups in total. The number of nitrogens with one attached hydrogen (secondary N) is 2. The quantitative estimate of drug-likeness (QED) is 0.829. The van der Waals surface area contributed by atoms with Gasteiger partial charge in [0.25, 0.3) is 0 Å². The van der Waals surface area contributed by atoms with Crippen LogP contribution in [0.15, 0.2) is 47.4 Å². The third-order valence-electron chi connectivity index (χ3n) is 3.54. The molecule has 0 saturated heterocycles. The van der Waals surface area contributed by atoms with Gasteiger partial charge in [0.15, 0.2) is 0 Å². The fourth-order valence-corrected chi connectivity index (χ4v) is 3.62. The predicted octanol–water partition coefficient (Wildman–Crippen LogP) is 2.48. The van der Waals surface area contributed by atoms with E-state index in [9.17, 15) is 13.2 Å². The summed E-state index contributed by atoms with van der Waals surface area (Å²) in [4.78, 5) is 12.1. The summed E-state index contributed by atoms with van der Waals surface area (Å²) >= 11 is 0. The maximum atomic E-state index is 12.3. The zero-order chi connectivity index (χ0) is 18.4. The highest BCUT2D eigenvalue weighted by atomic mass is 32.2. The van der Waals surface area contributed by atoms with Gasteiger partial charge in [0.2, 0.25) is 15.9 Å². The Balaban J connectivity index is 1.93. The van der Waals surface area contributed by atoms with Crippen molar-refractivity contribution in [3.05, 3.63) is 59.2 Å². The minimum atomic E-state index is -3.66. The van der Waals surface area contributed by atoms with E-state index < -0.39 is 10.0 Å². The van der Waals surface area contributed by atoms with Gasteiger partial charge in [-0.2, -0.15) is 5.26 Å². The molecular formula is C18H19N3O3S. The highest BCUT2D eigenvalue weighted by Gasteiger charge is 2.16. The van der Waals surface area contributed by atoms with E-state index in [2.05, 4.69) is 10.0 Å². The average molecular weight is 357 g/mol. The molecule has 0 heterocycles. The Labute approximate surface area is 147 Å².